The summed E-state index contributed by atoms with van der Waals surface area (Å²) in [4.78, 5) is 27.0. The molecule has 1 aromatic rings. The Morgan fingerprint density at radius 3 is 2.68 bits per heavy atom. The molecule has 1 saturated heterocycles. The highest BCUT2D eigenvalue weighted by Crippen LogP contribution is 2.36. The molecule has 2 aliphatic carbocycles. The second-order valence-electron chi connectivity index (χ2n) is 9.05. The highest BCUT2D eigenvalue weighted by molar-refractivity contribution is 6.34. The number of allylic oxidation sites excluding steroid dienone is 3. The monoisotopic (exact) mass is 497 g/mol. The van der Waals surface area contributed by atoms with E-state index in [-0.39, 0.29) is 40.8 Å². The van der Waals surface area contributed by atoms with Crippen molar-refractivity contribution >= 4 is 29.1 Å². The lowest BCUT2D eigenvalue weighted by atomic mass is 9.93. The molecule has 10 heteroatoms. The minimum Gasteiger partial charge on any atom is -0.496 e. The van der Waals surface area contributed by atoms with E-state index in [1.165, 1.54) is 25.3 Å². The first-order valence-electron chi connectivity index (χ1n) is 11.3. The van der Waals surface area contributed by atoms with Crippen molar-refractivity contribution in [2.45, 2.75) is 37.9 Å². The SMILES string of the molecule is COc1cc(NC(=O)C2CC2)c(Cl)cc1C(=O)N[C@H]1CCN(CC2=CC=CC(C(F)(F)F)C2)C1. The zero-order valence-corrected chi connectivity index (χ0v) is 19.5. The van der Waals surface area contributed by atoms with E-state index >= 15 is 0 Å². The first-order valence-corrected chi connectivity index (χ1v) is 11.7. The predicted molar refractivity (Wildman–Crippen MR) is 123 cm³/mol. The van der Waals surface area contributed by atoms with Crippen LogP contribution in [-0.4, -0.2) is 55.7 Å². The molecule has 1 aromatic carbocycles. The van der Waals surface area contributed by atoms with Crippen LogP contribution in [0.5, 0.6) is 5.75 Å². The number of hydrogen-bond acceptors (Lipinski definition) is 4. The van der Waals surface area contributed by atoms with Crippen LogP contribution in [0.3, 0.4) is 0 Å². The van der Waals surface area contributed by atoms with Gasteiger partial charge in [0.15, 0.2) is 0 Å². The highest BCUT2D eigenvalue weighted by Gasteiger charge is 2.39. The number of methoxy groups -OCH3 is 1. The molecule has 2 N–H and O–H groups in total. The first-order chi connectivity index (χ1) is 16.1. The van der Waals surface area contributed by atoms with E-state index in [4.69, 9.17) is 16.3 Å². The Labute approximate surface area is 201 Å². The van der Waals surface area contributed by atoms with Crippen molar-refractivity contribution in [1.82, 2.24) is 10.2 Å². The zero-order chi connectivity index (χ0) is 24.5. The van der Waals surface area contributed by atoms with Gasteiger partial charge in [-0.25, -0.2) is 0 Å². The highest BCUT2D eigenvalue weighted by atomic mass is 35.5. The predicted octanol–water partition coefficient (Wildman–Crippen LogP) is 4.57. The lowest BCUT2D eigenvalue weighted by molar-refractivity contribution is -0.161. The minimum atomic E-state index is -4.24. The third kappa shape index (κ3) is 5.93. The second kappa shape index (κ2) is 10.00. The van der Waals surface area contributed by atoms with Gasteiger partial charge >= 0.3 is 6.18 Å². The number of nitrogens with zero attached hydrogens (tertiary/aromatic N) is 1. The zero-order valence-electron chi connectivity index (χ0n) is 18.8. The van der Waals surface area contributed by atoms with Gasteiger partial charge in [-0.3, -0.25) is 14.5 Å². The number of rotatable bonds is 7. The van der Waals surface area contributed by atoms with E-state index in [2.05, 4.69) is 10.6 Å². The molecule has 1 unspecified atom stereocenters. The molecular formula is C24H27ClF3N3O3. The van der Waals surface area contributed by atoms with Gasteiger partial charge in [0, 0.05) is 37.7 Å². The molecule has 34 heavy (non-hydrogen) atoms. The number of halogens is 4. The van der Waals surface area contributed by atoms with Gasteiger partial charge in [0.25, 0.3) is 5.91 Å². The van der Waals surface area contributed by atoms with Crippen molar-refractivity contribution in [3.63, 3.8) is 0 Å². The van der Waals surface area contributed by atoms with E-state index in [0.717, 1.165) is 18.4 Å². The molecule has 2 amide bonds. The van der Waals surface area contributed by atoms with Crippen LogP contribution < -0.4 is 15.4 Å². The Balaban J connectivity index is 1.34. The molecule has 0 radical (unpaired) electrons. The van der Waals surface area contributed by atoms with Crippen molar-refractivity contribution in [3.8, 4) is 5.75 Å². The number of anilines is 1. The molecule has 1 saturated carbocycles. The van der Waals surface area contributed by atoms with E-state index in [1.807, 2.05) is 4.90 Å². The Bertz CT molecular complexity index is 1020. The van der Waals surface area contributed by atoms with Gasteiger partial charge in [0.05, 0.1) is 29.3 Å². The van der Waals surface area contributed by atoms with Gasteiger partial charge in [-0.2, -0.15) is 13.2 Å². The summed E-state index contributed by atoms with van der Waals surface area (Å²) in [5.74, 6) is -1.60. The number of nitrogens with one attached hydrogen (secondary N) is 2. The number of alkyl halides is 3. The largest absolute Gasteiger partial charge is 0.496 e. The summed E-state index contributed by atoms with van der Waals surface area (Å²) in [6.07, 6.45) is 2.53. The van der Waals surface area contributed by atoms with Crippen LogP contribution in [0.1, 0.15) is 36.0 Å². The summed E-state index contributed by atoms with van der Waals surface area (Å²) < 4.78 is 44.4. The summed E-state index contributed by atoms with van der Waals surface area (Å²) in [5.41, 5.74) is 1.38. The number of carbonyl (C=O) groups is 2. The molecule has 1 heterocycles. The average molecular weight is 498 g/mol. The maximum atomic E-state index is 13.0. The molecule has 0 bridgehead atoms. The maximum Gasteiger partial charge on any atom is 0.395 e. The van der Waals surface area contributed by atoms with Crippen LogP contribution in [0, 0.1) is 11.8 Å². The maximum absolute atomic E-state index is 13.0. The first kappa shape index (κ1) is 24.6. The van der Waals surface area contributed by atoms with Crippen molar-refractivity contribution in [2.24, 2.45) is 11.8 Å². The van der Waals surface area contributed by atoms with Gasteiger partial charge in [-0.1, -0.05) is 35.4 Å². The molecule has 0 spiro atoms. The molecule has 1 aliphatic heterocycles. The molecule has 184 valence electrons. The van der Waals surface area contributed by atoms with Crippen molar-refractivity contribution < 1.29 is 27.5 Å². The summed E-state index contributed by atoms with van der Waals surface area (Å²) >= 11 is 6.31. The van der Waals surface area contributed by atoms with E-state index in [1.54, 1.807) is 12.1 Å². The van der Waals surface area contributed by atoms with Gasteiger partial charge < -0.3 is 15.4 Å². The van der Waals surface area contributed by atoms with Crippen LogP contribution in [0.15, 0.2) is 35.9 Å². The van der Waals surface area contributed by atoms with Crippen LogP contribution >= 0.6 is 11.6 Å². The molecule has 3 aliphatic rings. The molecule has 6 nitrogen and oxygen atoms in total. The number of benzene rings is 1. The number of likely N-dealkylation sites (tertiary alicyclic amines) is 1. The average Bonchev–Trinajstić information content (AvgIpc) is 3.56. The summed E-state index contributed by atoms with van der Waals surface area (Å²) in [6, 6.07) is 2.86. The number of ether oxygens (including phenoxy) is 1. The van der Waals surface area contributed by atoms with Crippen molar-refractivity contribution in [3.05, 3.63) is 46.5 Å². The third-order valence-corrected chi connectivity index (χ3v) is 6.66. The smallest absolute Gasteiger partial charge is 0.395 e. The van der Waals surface area contributed by atoms with Crippen molar-refractivity contribution in [2.75, 3.05) is 32.1 Å². The fraction of sp³-hybridized carbons (Fsp3) is 0.500. The quantitative estimate of drug-likeness (QED) is 0.579. The topological polar surface area (TPSA) is 70.7 Å². The van der Waals surface area contributed by atoms with Crippen LogP contribution in [-0.2, 0) is 4.79 Å². The van der Waals surface area contributed by atoms with Crippen LogP contribution in [0.4, 0.5) is 18.9 Å². The number of carbonyl (C=O) groups excluding carboxylic acids is 2. The molecular weight excluding hydrogens is 471 g/mol. The van der Waals surface area contributed by atoms with Gasteiger partial charge in [-0.05, 0) is 31.7 Å². The van der Waals surface area contributed by atoms with E-state index < -0.39 is 12.1 Å². The second-order valence-corrected chi connectivity index (χ2v) is 9.46. The fourth-order valence-electron chi connectivity index (χ4n) is 4.31. The van der Waals surface area contributed by atoms with Gasteiger partial charge in [0.1, 0.15) is 5.75 Å². The minimum absolute atomic E-state index is 0.00934. The summed E-state index contributed by atoms with van der Waals surface area (Å²) in [6.45, 7) is 1.65. The summed E-state index contributed by atoms with van der Waals surface area (Å²) in [5, 5.41) is 5.98. The Hall–Kier alpha value is -2.52. The van der Waals surface area contributed by atoms with Gasteiger partial charge in [0.2, 0.25) is 5.91 Å². The number of hydrogen-bond donors (Lipinski definition) is 2. The van der Waals surface area contributed by atoms with Crippen LogP contribution in [0.25, 0.3) is 0 Å². The van der Waals surface area contributed by atoms with Crippen LogP contribution in [0.2, 0.25) is 5.02 Å². The van der Waals surface area contributed by atoms with Crippen molar-refractivity contribution in [1.29, 1.82) is 0 Å². The lowest BCUT2D eigenvalue weighted by Crippen LogP contribution is -2.37. The molecule has 2 atom stereocenters. The Morgan fingerprint density at radius 2 is 2.00 bits per heavy atom. The summed E-state index contributed by atoms with van der Waals surface area (Å²) in [7, 11) is 1.43. The standard InChI is InChI=1S/C24H27ClF3N3O3/c1-34-21-11-20(30-22(32)15-5-6-15)19(25)10-18(21)23(33)29-17-7-8-31(13-17)12-14-3-2-4-16(9-14)24(26,27)28/h2-4,10-11,15-17H,5-9,12-13H2,1H3,(H,29,33)(H,30,32)/t16?,17-/m0/s1. The molecule has 2 fully saturated rings. The number of amides is 2. The van der Waals surface area contributed by atoms with E-state index in [9.17, 15) is 22.8 Å². The fourth-order valence-corrected chi connectivity index (χ4v) is 4.52. The molecule has 0 aromatic heterocycles. The normalized spacial score (nSPS) is 22.9. The molecule has 4 rings (SSSR count). The lowest BCUT2D eigenvalue weighted by Gasteiger charge is -2.24. The van der Waals surface area contributed by atoms with Gasteiger partial charge in [-0.15, -0.1) is 0 Å². The van der Waals surface area contributed by atoms with E-state index in [0.29, 0.717) is 37.5 Å². The Kier molecular flexibility index (Phi) is 7.23. The Morgan fingerprint density at radius 1 is 1.24 bits per heavy atom. The third-order valence-electron chi connectivity index (χ3n) is 6.35.